The van der Waals surface area contributed by atoms with Crippen molar-refractivity contribution < 1.29 is 0 Å². The molecule has 0 unspecified atom stereocenters. The number of nitrogens with zero attached hydrogens (tertiary/aromatic N) is 4. The van der Waals surface area contributed by atoms with Crippen molar-refractivity contribution in [2.75, 3.05) is 0 Å². The molecule has 0 aliphatic heterocycles. The Hall–Kier alpha value is -3.01. The summed E-state index contributed by atoms with van der Waals surface area (Å²) in [6.07, 6.45) is 0.698. The Bertz CT molecular complexity index is 907. The van der Waals surface area contributed by atoms with Gasteiger partial charge in [-0.25, -0.2) is 0 Å². The third-order valence-corrected chi connectivity index (χ3v) is 3.76. The molecule has 4 heteroatoms. The fourth-order valence-corrected chi connectivity index (χ4v) is 2.70. The maximum Gasteiger partial charge on any atom is 0.161 e. The van der Waals surface area contributed by atoms with Gasteiger partial charge < -0.3 is 0 Å². The lowest BCUT2D eigenvalue weighted by Crippen LogP contribution is -2.04. The minimum absolute atomic E-state index is 0.698. The Morgan fingerprint density at radius 3 is 2.45 bits per heavy atom. The summed E-state index contributed by atoms with van der Waals surface area (Å²) in [5.41, 5.74) is 2.20. The zero-order chi connectivity index (χ0) is 14.8. The molecule has 0 aliphatic carbocycles. The Kier molecular flexibility index (Phi) is 3.12. The highest BCUT2D eigenvalue weighted by atomic mass is 15.5. The molecule has 0 fully saturated rings. The number of aromatic nitrogens is 4. The van der Waals surface area contributed by atoms with Crippen molar-refractivity contribution in [2.45, 2.75) is 6.42 Å². The molecule has 0 saturated heterocycles. The van der Waals surface area contributed by atoms with E-state index >= 15 is 0 Å². The van der Waals surface area contributed by atoms with E-state index in [1.165, 1.54) is 16.3 Å². The summed E-state index contributed by atoms with van der Waals surface area (Å²) >= 11 is 0. The fourth-order valence-electron chi connectivity index (χ4n) is 2.70. The molecular formula is C18H14N4. The molecule has 0 N–H and O–H groups in total. The fraction of sp³-hybridized carbons (Fsp3) is 0.0556. The van der Waals surface area contributed by atoms with Crippen LogP contribution in [0.15, 0.2) is 72.8 Å². The van der Waals surface area contributed by atoms with E-state index in [-0.39, 0.29) is 0 Å². The molecule has 22 heavy (non-hydrogen) atoms. The highest BCUT2D eigenvalue weighted by Crippen LogP contribution is 2.21. The van der Waals surface area contributed by atoms with Crippen LogP contribution in [0.2, 0.25) is 0 Å². The second-order valence-electron chi connectivity index (χ2n) is 5.16. The molecule has 0 radical (unpaired) electrons. The molecule has 1 aromatic heterocycles. The van der Waals surface area contributed by atoms with Crippen molar-refractivity contribution in [1.29, 1.82) is 0 Å². The van der Waals surface area contributed by atoms with Crippen LogP contribution < -0.4 is 0 Å². The second kappa shape index (κ2) is 5.41. The summed E-state index contributed by atoms with van der Waals surface area (Å²) in [5.74, 6) is 0.836. The first-order chi connectivity index (χ1) is 10.9. The lowest BCUT2D eigenvalue weighted by molar-refractivity contribution is 0.771. The van der Waals surface area contributed by atoms with Gasteiger partial charge in [-0.2, -0.15) is 4.68 Å². The number of rotatable bonds is 3. The van der Waals surface area contributed by atoms with Gasteiger partial charge in [0.05, 0.1) is 5.69 Å². The van der Waals surface area contributed by atoms with Crippen molar-refractivity contribution >= 4 is 10.8 Å². The minimum atomic E-state index is 0.698. The van der Waals surface area contributed by atoms with Gasteiger partial charge in [0.1, 0.15) is 0 Å². The quantitative estimate of drug-likeness (QED) is 0.579. The summed E-state index contributed by atoms with van der Waals surface area (Å²) in [4.78, 5) is 0. The molecule has 0 amide bonds. The normalized spacial score (nSPS) is 10.9. The van der Waals surface area contributed by atoms with Gasteiger partial charge in [-0.05, 0) is 38.9 Å². The van der Waals surface area contributed by atoms with Crippen LogP contribution in [0.5, 0.6) is 0 Å². The number of fused-ring (bicyclic) bond motifs is 1. The molecule has 1 heterocycles. The zero-order valence-corrected chi connectivity index (χ0v) is 11.9. The second-order valence-corrected chi connectivity index (χ2v) is 5.16. The van der Waals surface area contributed by atoms with Crippen LogP contribution in [0.4, 0.5) is 0 Å². The highest BCUT2D eigenvalue weighted by Gasteiger charge is 2.10. The van der Waals surface area contributed by atoms with E-state index in [1.807, 2.05) is 30.3 Å². The first-order valence-electron chi connectivity index (χ1n) is 7.21. The maximum atomic E-state index is 4.20. The van der Waals surface area contributed by atoms with Gasteiger partial charge >= 0.3 is 0 Å². The van der Waals surface area contributed by atoms with Crippen molar-refractivity contribution in [2.24, 2.45) is 0 Å². The van der Waals surface area contributed by atoms with Gasteiger partial charge in [-0.15, -0.1) is 5.10 Å². The topological polar surface area (TPSA) is 43.6 Å². The highest BCUT2D eigenvalue weighted by molar-refractivity contribution is 5.85. The van der Waals surface area contributed by atoms with Crippen LogP contribution in [0.25, 0.3) is 16.5 Å². The van der Waals surface area contributed by atoms with Gasteiger partial charge in [0, 0.05) is 6.42 Å². The van der Waals surface area contributed by atoms with E-state index in [0.717, 1.165) is 11.5 Å². The van der Waals surface area contributed by atoms with Crippen LogP contribution >= 0.6 is 0 Å². The lowest BCUT2D eigenvalue weighted by atomic mass is 10.0. The maximum absolute atomic E-state index is 4.20. The van der Waals surface area contributed by atoms with Gasteiger partial charge in [-0.3, -0.25) is 0 Å². The molecule has 0 atom stereocenters. The third kappa shape index (κ3) is 2.24. The molecule has 0 saturated carbocycles. The van der Waals surface area contributed by atoms with Crippen molar-refractivity contribution in [3.8, 4) is 5.69 Å². The van der Waals surface area contributed by atoms with Gasteiger partial charge in [0.2, 0.25) is 0 Å². The third-order valence-electron chi connectivity index (χ3n) is 3.76. The van der Waals surface area contributed by atoms with Gasteiger partial charge in [-0.1, -0.05) is 60.7 Å². The Balaban J connectivity index is 1.77. The monoisotopic (exact) mass is 286 g/mol. The van der Waals surface area contributed by atoms with Crippen molar-refractivity contribution in [3.05, 3.63) is 84.2 Å². The molecule has 3 aromatic carbocycles. The van der Waals surface area contributed by atoms with Crippen LogP contribution in [-0.2, 0) is 6.42 Å². The SMILES string of the molecule is c1ccc(-n2nnnc2Cc2cccc3ccccc23)cc1. The summed E-state index contributed by atoms with van der Waals surface area (Å²) in [5, 5.41) is 14.6. The molecular weight excluding hydrogens is 272 g/mol. The smallest absolute Gasteiger partial charge is 0.161 e. The van der Waals surface area contributed by atoms with E-state index in [4.69, 9.17) is 0 Å². The average Bonchev–Trinajstić information content (AvgIpc) is 3.04. The first-order valence-corrected chi connectivity index (χ1v) is 7.21. The summed E-state index contributed by atoms with van der Waals surface area (Å²) in [6, 6.07) is 24.7. The average molecular weight is 286 g/mol. The van der Waals surface area contributed by atoms with Crippen LogP contribution in [0.1, 0.15) is 11.4 Å². The van der Waals surface area contributed by atoms with Gasteiger partial charge in [0.15, 0.2) is 5.82 Å². The van der Waals surface area contributed by atoms with E-state index in [0.29, 0.717) is 6.42 Å². The van der Waals surface area contributed by atoms with E-state index in [1.54, 1.807) is 4.68 Å². The Labute approximate surface area is 128 Å². The molecule has 4 rings (SSSR count). The van der Waals surface area contributed by atoms with Gasteiger partial charge in [0.25, 0.3) is 0 Å². The van der Waals surface area contributed by atoms with Crippen LogP contribution in [0.3, 0.4) is 0 Å². The van der Waals surface area contributed by atoms with E-state index in [2.05, 4.69) is 58.0 Å². The summed E-state index contributed by atoms with van der Waals surface area (Å²) in [6.45, 7) is 0. The number of benzene rings is 3. The van der Waals surface area contributed by atoms with E-state index in [9.17, 15) is 0 Å². The number of hydrogen-bond donors (Lipinski definition) is 0. The lowest BCUT2D eigenvalue weighted by Gasteiger charge is -2.07. The molecule has 0 aliphatic rings. The number of hydrogen-bond acceptors (Lipinski definition) is 3. The summed E-state index contributed by atoms with van der Waals surface area (Å²) in [7, 11) is 0. The Morgan fingerprint density at radius 2 is 1.55 bits per heavy atom. The molecule has 4 nitrogen and oxygen atoms in total. The molecule has 4 aromatic rings. The molecule has 0 bridgehead atoms. The number of tetrazole rings is 1. The predicted molar refractivity (Wildman–Crippen MR) is 85.9 cm³/mol. The largest absolute Gasteiger partial charge is 0.197 e. The van der Waals surface area contributed by atoms with Crippen LogP contribution in [-0.4, -0.2) is 20.2 Å². The standard InChI is InChI=1S/C18H14N4/c1-2-10-16(11-3-1)22-18(19-20-21-22)13-15-9-6-8-14-7-4-5-12-17(14)15/h1-12H,13H2. The summed E-state index contributed by atoms with van der Waals surface area (Å²) < 4.78 is 1.79. The molecule has 0 spiro atoms. The first kappa shape index (κ1) is 12.7. The number of para-hydroxylation sites is 1. The molecule has 106 valence electrons. The van der Waals surface area contributed by atoms with Crippen molar-refractivity contribution in [1.82, 2.24) is 20.2 Å². The zero-order valence-electron chi connectivity index (χ0n) is 11.9. The van der Waals surface area contributed by atoms with Crippen LogP contribution in [0, 0.1) is 0 Å². The minimum Gasteiger partial charge on any atom is -0.197 e. The Morgan fingerprint density at radius 1 is 0.773 bits per heavy atom. The van der Waals surface area contributed by atoms with E-state index < -0.39 is 0 Å². The predicted octanol–water partition coefficient (Wildman–Crippen LogP) is 3.41. The van der Waals surface area contributed by atoms with Crippen molar-refractivity contribution in [3.63, 3.8) is 0 Å².